The Kier molecular flexibility index (Phi) is 12.6. The minimum Gasteiger partial charge on any atom is -0.494 e. The van der Waals surface area contributed by atoms with Gasteiger partial charge in [0.05, 0.1) is 12.8 Å². The van der Waals surface area contributed by atoms with Crippen LogP contribution in [0.25, 0.3) is 0 Å². The van der Waals surface area contributed by atoms with Crippen molar-refractivity contribution in [3.63, 3.8) is 0 Å². The van der Waals surface area contributed by atoms with Crippen LogP contribution in [0.3, 0.4) is 0 Å². The van der Waals surface area contributed by atoms with E-state index in [1.807, 2.05) is 11.0 Å². The van der Waals surface area contributed by atoms with Gasteiger partial charge in [0.15, 0.2) is 0 Å². The zero-order valence-electron chi connectivity index (χ0n) is 21.5. The average Bonchev–Trinajstić information content (AvgIpc) is 2.90. The Bertz CT molecular complexity index is 1140. The molecule has 2 rings (SSSR count). The molecule has 0 unspecified atom stereocenters. The first kappa shape index (κ1) is 31.5. The molecule has 0 aliphatic heterocycles. The average molecular weight is 584 g/mol. The third-order valence-corrected chi connectivity index (χ3v) is 5.89. The number of anilines is 1. The Labute approximate surface area is 236 Å². The number of aliphatic carboxylic acids is 2. The van der Waals surface area contributed by atoms with Crippen LogP contribution in [-0.2, 0) is 14.4 Å². The Morgan fingerprint density at radius 1 is 0.949 bits per heavy atom. The van der Waals surface area contributed by atoms with E-state index in [4.69, 9.17) is 37.8 Å². The number of hydrogen-bond acceptors (Lipinski definition) is 7. The summed E-state index contributed by atoms with van der Waals surface area (Å²) in [5.74, 6) is -1.47. The molecule has 39 heavy (non-hydrogen) atoms. The molecule has 11 nitrogen and oxygen atoms in total. The highest BCUT2D eigenvalue weighted by atomic mass is 35.5. The van der Waals surface area contributed by atoms with Crippen LogP contribution < -0.4 is 25.0 Å². The number of hydrogen-bond donors (Lipinski definition) is 4. The van der Waals surface area contributed by atoms with Gasteiger partial charge in [-0.15, -0.1) is 23.2 Å². The zero-order chi connectivity index (χ0) is 28.9. The minimum atomic E-state index is -1.39. The van der Waals surface area contributed by atoms with Crippen LogP contribution in [0, 0.1) is 0 Å². The maximum atomic E-state index is 12.6. The second-order valence-electron chi connectivity index (χ2n) is 8.35. The molecule has 4 N–H and O–H groups in total. The Hall–Kier alpha value is -3.70. The SMILES string of the molecule is COc1cc(Oc2ccc(C(=O)N[C@@H](C)C(=O)N[C@@H](CCC(=O)O)C(=O)O)cc2)ccc1N(CCCl)CCCl. The van der Waals surface area contributed by atoms with Gasteiger partial charge in [-0.2, -0.15) is 0 Å². The Morgan fingerprint density at radius 2 is 1.56 bits per heavy atom. The van der Waals surface area contributed by atoms with E-state index in [0.29, 0.717) is 42.1 Å². The van der Waals surface area contributed by atoms with Crippen molar-refractivity contribution in [3.8, 4) is 17.2 Å². The summed E-state index contributed by atoms with van der Waals surface area (Å²) in [6.45, 7) is 2.58. The fraction of sp³-hybridized carbons (Fsp3) is 0.385. The molecular formula is C26H31Cl2N3O8. The maximum Gasteiger partial charge on any atom is 0.326 e. The van der Waals surface area contributed by atoms with Gasteiger partial charge in [0, 0.05) is 42.9 Å². The third kappa shape index (κ3) is 9.84. The topological polar surface area (TPSA) is 154 Å². The molecule has 0 aliphatic carbocycles. The highest BCUT2D eigenvalue weighted by Gasteiger charge is 2.25. The van der Waals surface area contributed by atoms with Crippen LogP contribution in [0.15, 0.2) is 42.5 Å². The van der Waals surface area contributed by atoms with E-state index in [1.165, 1.54) is 19.1 Å². The summed E-state index contributed by atoms with van der Waals surface area (Å²) in [7, 11) is 1.55. The molecule has 0 saturated heterocycles. The van der Waals surface area contributed by atoms with E-state index in [1.54, 1.807) is 31.4 Å². The number of nitrogens with zero attached hydrogens (tertiary/aromatic N) is 1. The van der Waals surface area contributed by atoms with Gasteiger partial charge in [-0.1, -0.05) is 0 Å². The molecule has 2 aromatic carbocycles. The summed E-state index contributed by atoms with van der Waals surface area (Å²) >= 11 is 11.8. The van der Waals surface area contributed by atoms with Crippen molar-refractivity contribution in [1.29, 1.82) is 0 Å². The molecule has 0 bridgehead atoms. The number of carboxylic acid groups (broad SMARTS) is 2. The molecule has 0 aromatic heterocycles. The van der Waals surface area contributed by atoms with Crippen LogP contribution in [0.4, 0.5) is 5.69 Å². The van der Waals surface area contributed by atoms with E-state index < -0.39 is 42.3 Å². The van der Waals surface area contributed by atoms with Gasteiger partial charge >= 0.3 is 11.9 Å². The summed E-state index contributed by atoms with van der Waals surface area (Å²) in [5.41, 5.74) is 1.07. The summed E-state index contributed by atoms with van der Waals surface area (Å²) in [5, 5.41) is 22.7. The van der Waals surface area contributed by atoms with Crippen molar-refractivity contribution in [2.24, 2.45) is 0 Å². The molecule has 2 amide bonds. The van der Waals surface area contributed by atoms with Crippen LogP contribution in [0.2, 0.25) is 0 Å². The van der Waals surface area contributed by atoms with Crippen molar-refractivity contribution in [2.75, 3.05) is 36.9 Å². The summed E-state index contributed by atoms with van der Waals surface area (Å²) in [4.78, 5) is 48.9. The predicted molar refractivity (Wildman–Crippen MR) is 147 cm³/mol. The maximum absolute atomic E-state index is 12.6. The molecule has 0 fully saturated rings. The first-order valence-corrected chi connectivity index (χ1v) is 13.0. The lowest BCUT2D eigenvalue weighted by atomic mass is 10.1. The second-order valence-corrected chi connectivity index (χ2v) is 9.11. The van der Waals surface area contributed by atoms with E-state index in [-0.39, 0.29) is 12.0 Å². The molecule has 0 saturated carbocycles. The van der Waals surface area contributed by atoms with Crippen LogP contribution in [0.1, 0.15) is 30.1 Å². The van der Waals surface area contributed by atoms with Crippen molar-refractivity contribution < 1.29 is 38.9 Å². The Morgan fingerprint density at radius 3 is 2.10 bits per heavy atom. The summed E-state index contributed by atoms with van der Waals surface area (Å²) in [6, 6.07) is 9.08. The van der Waals surface area contributed by atoms with Gasteiger partial charge in [-0.05, 0) is 49.7 Å². The summed E-state index contributed by atoms with van der Waals surface area (Å²) in [6.07, 6.45) is -0.712. The number of benzene rings is 2. The first-order chi connectivity index (χ1) is 18.6. The molecule has 2 atom stereocenters. The number of halogens is 2. The molecule has 0 spiro atoms. The van der Waals surface area contributed by atoms with Gasteiger partial charge in [-0.3, -0.25) is 14.4 Å². The van der Waals surface area contributed by atoms with Gasteiger partial charge in [0.25, 0.3) is 5.91 Å². The predicted octanol–water partition coefficient (Wildman–Crippen LogP) is 3.32. The third-order valence-electron chi connectivity index (χ3n) is 5.56. The van der Waals surface area contributed by atoms with Crippen molar-refractivity contribution in [3.05, 3.63) is 48.0 Å². The molecule has 0 heterocycles. The van der Waals surface area contributed by atoms with Gasteiger partial charge in [-0.25, -0.2) is 4.79 Å². The number of ether oxygens (including phenoxy) is 2. The summed E-state index contributed by atoms with van der Waals surface area (Å²) < 4.78 is 11.4. The molecule has 2 aromatic rings. The first-order valence-electron chi connectivity index (χ1n) is 12.0. The lowest BCUT2D eigenvalue weighted by Crippen LogP contribution is -2.50. The molecular weight excluding hydrogens is 553 g/mol. The van der Waals surface area contributed by atoms with Gasteiger partial charge < -0.3 is 35.2 Å². The number of methoxy groups -OCH3 is 1. The number of carbonyl (C=O) groups excluding carboxylic acids is 2. The van der Waals surface area contributed by atoms with E-state index >= 15 is 0 Å². The monoisotopic (exact) mass is 583 g/mol. The van der Waals surface area contributed by atoms with Crippen LogP contribution in [-0.4, -0.2) is 78.0 Å². The molecule has 0 radical (unpaired) electrons. The molecule has 212 valence electrons. The number of carboxylic acids is 2. The highest BCUT2D eigenvalue weighted by molar-refractivity contribution is 6.18. The lowest BCUT2D eigenvalue weighted by molar-refractivity contribution is -0.143. The number of alkyl halides is 2. The van der Waals surface area contributed by atoms with Crippen molar-refractivity contribution >= 4 is 52.6 Å². The smallest absolute Gasteiger partial charge is 0.326 e. The van der Waals surface area contributed by atoms with E-state index in [2.05, 4.69) is 10.6 Å². The van der Waals surface area contributed by atoms with Crippen molar-refractivity contribution in [2.45, 2.75) is 31.8 Å². The number of carbonyl (C=O) groups is 4. The molecule has 0 aliphatic rings. The van der Waals surface area contributed by atoms with Gasteiger partial charge in [0.2, 0.25) is 5.91 Å². The normalized spacial score (nSPS) is 12.1. The lowest BCUT2D eigenvalue weighted by Gasteiger charge is -2.25. The minimum absolute atomic E-state index is 0.244. The zero-order valence-corrected chi connectivity index (χ0v) is 23.0. The van der Waals surface area contributed by atoms with Crippen LogP contribution >= 0.6 is 23.2 Å². The Balaban J connectivity index is 2.02. The van der Waals surface area contributed by atoms with E-state index in [0.717, 1.165) is 5.69 Å². The van der Waals surface area contributed by atoms with Crippen LogP contribution in [0.5, 0.6) is 17.2 Å². The highest BCUT2D eigenvalue weighted by Crippen LogP contribution is 2.34. The van der Waals surface area contributed by atoms with Crippen molar-refractivity contribution in [1.82, 2.24) is 10.6 Å². The number of rotatable bonds is 16. The fourth-order valence-corrected chi connectivity index (χ4v) is 3.93. The van der Waals surface area contributed by atoms with E-state index in [9.17, 15) is 24.3 Å². The number of nitrogens with one attached hydrogen (secondary N) is 2. The second kappa shape index (κ2) is 15.6. The number of amides is 2. The molecule has 13 heteroatoms. The largest absolute Gasteiger partial charge is 0.494 e. The quantitative estimate of drug-likeness (QED) is 0.218. The standard InChI is InChI=1S/C26H31Cl2N3O8/c1-16(24(34)30-20(26(36)37)8-10-23(32)33)29-25(35)17-3-5-18(6-4-17)39-19-7-9-21(22(15-19)38-2)31(13-11-27)14-12-28/h3-7,9,15-16,20H,8,10-14H2,1-2H3,(H,29,35)(H,30,34)(H,32,33)(H,36,37)/t16-,20-/m0/s1. The van der Waals surface area contributed by atoms with Gasteiger partial charge in [0.1, 0.15) is 29.3 Å². The fourth-order valence-electron chi connectivity index (χ4n) is 3.52.